The van der Waals surface area contributed by atoms with E-state index in [-0.39, 0.29) is 5.91 Å². The van der Waals surface area contributed by atoms with E-state index >= 15 is 0 Å². The molecule has 0 bridgehead atoms. The molecule has 1 saturated carbocycles. The van der Waals surface area contributed by atoms with Crippen molar-refractivity contribution in [3.63, 3.8) is 0 Å². The van der Waals surface area contributed by atoms with Crippen molar-refractivity contribution in [3.05, 3.63) is 29.3 Å². The number of rotatable bonds is 3. The van der Waals surface area contributed by atoms with Crippen LogP contribution in [0.1, 0.15) is 19.3 Å². The van der Waals surface area contributed by atoms with Crippen molar-refractivity contribution in [2.45, 2.75) is 19.3 Å². The lowest BCUT2D eigenvalue weighted by molar-refractivity contribution is -0.116. The fourth-order valence-corrected chi connectivity index (χ4v) is 1.46. The first-order valence-corrected chi connectivity index (χ1v) is 5.17. The van der Waals surface area contributed by atoms with Crippen LogP contribution in [0.25, 0.3) is 0 Å². The highest BCUT2D eigenvalue weighted by molar-refractivity contribution is 6.30. The Kier molecular flexibility index (Phi) is 2.73. The summed E-state index contributed by atoms with van der Waals surface area (Å²) in [7, 11) is 0. The molecule has 1 aromatic carbocycles. The van der Waals surface area contributed by atoms with Crippen LogP contribution in [0.2, 0.25) is 5.02 Å². The minimum atomic E-state index is 0.106. The molecule has 1 amide bonds. The second kappa shape index (κ2) is 4.01. The van der Waals surface area contributed by atoms with E-state index in [2.05, 4.69) is 5.32 Å². The third kappa shape index (κ3) is 2.74. The summed E-state index contributed by atoms with van der Waals surface area (Å²) in [5, 5.41) is 3.53. The van der Waals surface area contributed by atoms with Crippen LogP contribution in [0.5, 0.6) is 0 Å². The van der Waals surface area contributed by atoms with E-state index in [4.69, 9.17) is 11.6 Å². The van der Waals surface area contributed by atoms with E-state index in [0.29, 0.717) is 17.4 Å². The Bertz CT molecular complexity index is 330. The number of benzene rings is 1. The molecule has 1 aromatic rings. The van der Waals surface area contributed by atoms with Crippen LogP contribution in [0.15, 0.2) is 24.3 Å². The molecule has 0 heterocycles. The standard InChI is InChI=1S/C11H12ClNO/c12-9-3-5-10(6-4-9)13-11(14)7-8-1-2-8/h3-6,8H,1-2,7H2,(H,13,14). The molecule has 0 atom stereocenters. The van der Waals surface area contributed by atoms with Crippen LogP contribution in [0.3, 0.4) is 0 Å². The van der Waals surface area contributed by atoms with Gasteiger partial charge in [-0.2, -0.15) is 0 Å². The minimum absolute atomic E-state index is 0.106. The van der Waals surface area contributed by atoms with E-state index in [1.165, 1.54) is 12.8 Å². The van der Waals surface area contributed by atoms with Crippen molar-refractivity contribution in [2.75, 3.05) is 5.32 Å². The van der Waals surface area contributed by atoms with Crippen LogP contribution in [0, 0.1) is 5.92 Å². The number of amides is 1. The maximum Gasteiger partial charge on any atom is 0.224 e. The van der Waals surface area contributed by atoms with Gasteiger partial charge in [0.2, 0.25) is 5.91 Å². The average Bonchev–Trinajstić information content (AvgIpc) is 2.93. The lowest BCUT2D eigenvalue weighted by atomic mass is 10.2. The first-order chi connectivity index (χ1) is 6.74. The molecule has 74 valence electrons. The molecule has 0 unspecified atom stereocenters. The van der Waals surface area contributed by atoms with E-state index in [1.807, 2.05) is 12.1 Å². The van der Waals surface area contributed by atoms with Gasteiger partial charge in [-0.3, -0.25) is 4.79 Å². The maximum absolute atomic E-state index is 11.4. The molecule has 0 radical (unpaired) electrons. The normalized spacial score (nSPS) is 15.2. The van der Waals surface area contributed by atoms with Crippen molar-refractivity contribution in [1.29, 1.82) is 0 Å². The van der Waals surface area contributed by atoms with Crippen molar-refractivity contribution in [1.82, 2.24) is 0 Å². The van der Waals surface area contributed by atoms with Gasteiger partial charge in [0.25, 0.3) is 0 Å². The third-order valence-corrected chi connectivity index (χ3v) is 2.55. The number of halogens is 1. The van der Waals surface area contributed by atoms with Crippen LogP contribution in [-0.4, -0.2) is 5.91 Å². The number of hydrogen-bond acceptors (Lipinski definition) is 1. The van der Waals surface area contributed by atoms with Gasteiger partial charge in [0.15, 0.2) is 0 Å². The van der Waals surface area contributed by atoms with Crippen molar-refractivity contribution in [2.24, 2.45) is 5.92 Å². The Morgan fingerprint density at radius 2 is 2.00 bits per heavy atom. The highest BCUT2D eigenvalue weighted by Crippen LogP contribution is 2.32. The van der Waals surface area contributed by atoms with Crippen molar-refractivity contribution in [3.8, 4) is 0 Å². The van der Waals surface area contributed by atoms with Gasteiger partial charge < -0.3 is 5.32 Å². The SMILES string of the molecule is O=C(CC1CC1)Nc1ccc(Cl)cc1. The van der Waals surface area contributed by atoms with Gasteiger partial charge >= 0.3 is 0 Å². The van der Waals surface area contributed by atoms with Crippen LogP contribution in [0.4, 0.5) is 5.69 Å². The largest absolute Gasteiger partial charge is 0.326 e. The summed E-state index contributed by atoms with van der Waals surface area (Å²) in [6, 6.07) is 7.17. The summed E-state index contributed by atoms with van der Waals surface area (Å²) in [6.45, 7) is 0. The summed E-state index contributed by atoms with van der Waals surface area (Å²) in [5.74, 6) is 0.733. The molecular weight excluding hydrogens is 198 g/mol. The van der Waals surface area contributed by atoms with E-state index in [1.54, 1.807) is 12.1 Å². The monoisotopic (exact) mass is 209 g/mol. The molecule has 2 rings (SSSR count). The van der Waals surface area contributed by atoms with Gasteiger partial charge in [-0.15, -0.1) is 0 Å². The Morgan fingerprint density at radius 3 is 2.57 bits per heavy atom. The summed E-state index contributed by atoms with van der Waals surface area (Å²) >= 11 is 5.73. The predicted molar refractivity (Wildman–Crippen MR) is 57.4 cm³/mol. The first kappa shape index (κ1) is 9.53. The predicted octanol–water partition coefficient (Wildman–Crippen LogP) is 3.08. The molecule has 3 heteroatoms. The van der Waals surface area contributed by atoms with E-state index in [0.717, 1.165) is 5.69 Å². The highest BCUT2D eigenvalue weighted by atomic mass is 35.5. The zero-order valence-corrected chi connectivity index (χ0v) is 8.55. The van der Waals surface area contributed by atoms with Crippen molar-refractivity contribution >= 4 is 23.2 Å². The summed E-state index contributed by atoms with van der Waals surface area (Å²) in [5.41, 5.74) is 0.819. The quantitative estimate of drug-likeness (QED) is 0.815. The highest BCUT2D eigenvalue weighted by Gasteiger charge is 2.24. The van der Waals surface area contributed by atoms with E-state index in [9.17, 15) is 4.79 Å². The lowest BCUT2D eigenvalue weighted by Crippen LogP contribution is -2.11. The number of hydrogen-bond donors (Lipinski definition) is 1. The third-order valence-electron chi connectivity index (χ3n) is 2.30. The van der Waals surface area contributed by atoms with Gasteiger partial charge in [0.05, 0.1) is 0 Å². The zero-order chi connectivity index (χ0) is 9.97. The molecule has 1 N–H and O–H groups in total. The second-order valence-corrected chi connectivity index (χ2v) is 4.14. The fourth-order valence-electron chi connectivity index (χ4n) is 1.33. The molecule has 14 heavy (non-hydrogen) atoms. The van der Waals surface area contributed by atoms with Crippen LogP contribution >= 0.6 is 11.6 Å². The van der Waals surface area contributed by atoms with Gasteiger partial charge in [-0.1, -0.05) is 11.6 Å². The number of nitrogens with one attached hydrogen (secondary N) is 1. The molecule has 0 aliphatic heterocycles. The number of carbonyl (C=O) groups excluding carboxylic acids is 1. The molecule has 0 aromatic heterocycles. The van der Waals surface area contributed by atoms with Crippen LogP contribution in [-0.2, 0) is 4.79 Å². The molecule has 1 fully saturated rings. The van der Waals surface area contributed by atoms with Crippen molar-refractivity contribution < 1.29 is 4.79 Å². The number of carbonyl (C=O) groups is 1. The van der Waals surface area contributed by atoms with Crippen LogP contribution < -0.4 is 5.32 Å². The van der Waals surface area contributed by atoms with E-state index < -0.39 is 0 Å². The zero-order valence-electron chi connectivity index (χ0n) is 7.79. The smallest absolute Gasteiger partial charge is 0.224 e. The molecular formula is C11H12ClNO. The Balaban J connectivity index is 1.89. The first-order valence-electron chi connectivity index (χ1n) is 4.79. The van der Waals surface area contributed by atoms with Gasteiger partial charge in [0.1, 0.15) is 0 Å². The van der Waals surface area contributed by atoms with Gasteiger partial charge in [-0.25, -0.2) is 0 Å². The van der Waals surface area contributed by atoms with Gasteiger partial charge in [0, 0.05) is 17.1 Å². The maximum atomic E-state index is 11.4. The lowest BCUT2D eigenvalue weighted by Gasteiger charge is -2.03. The summed E-state index contributed by atoms with van der Waals surface area (Å²) in [4.78, 5) is 11.4. The Hall–Kier alpha value is -1.02. The second-order valence-electron chi connectivity index (χ2n) is 3.70. The molecule has 0 spiro atoms. The topological polar surface area (TPSA) is 29.1 Å². The molecule has 2 nitrogen and oxygen atoms in total. The van der Waals surface area contributed by atoms with Gasteiger partial charge in [-0.05, 0) is 43.0 Å². The summed E-state index contributed by atoms with van der Waals surface area (Å²) < 4.78 is 0. The molecule has 1 aliphatic rings. The summed E-state index contributed by atoms with van der Waals surface area (Å²) in [6.07, 6.45) is 3.06. The minimum Gasteiger partial charge on any atom is -0.326 e. The fraction of sp³-hybridized carbons (Fsp3) is 0.364. The number of anilines is 1. The average molecular weight is 210 g/mol. The Morgan fingerprint density at radius 1 is 1.36 bits per heavy atom. The molecule has 0 saturated heterocycles. The Labute approximate surface area is 88.3 Å². The molecule has 1 aliphatic carbocycles.